The molecule has 15 heteroatoms. The van der Waals surface area contributed by atoms with E-state index in [4.69, 9.17) is 14.2 Å². The Morgan fingerprint density at radius 1 is 0.809 bits per heavy atom. The summed E-state index contributed by atoms with van der Waals surface area (Å²) in [6.45, 7) is 19.7. The van der Waals surface area contributed by atoms with Gasteiger partial charge in [-0.3, -0.25) is 34.2 Å². The van der Waals surface area contributed by atoms with Gasteiger partial charge in [-0.1, -0.05) is 97.4 Å². The number of rotatable bonds is 25. The lowest BCUT2D eigenvalue weighted by Gasteiger charge is -2.41. The molecule has 1 aliphatic rings. The number of nitrogens with one attached hydrogen (secondary N) is 3. The molecule has 3 N–H and O–H groups in total. The molecule has 15 nitrogen and oxygen atoms in total. The number of ether oxygens (including phenoxy) is 3. The number of nitrogens with zero attached hydrogens (tertiary/aromatic N) is 3. The third-order valence-electron chi connectivity index (χ3n) is 13.2. The highest BCUT2D eigenvalue weighted by Gasteiger charge is 2.43. The maximum absolute atomic E-state index is 14.5. The molecule has 1 heterocycles. The number of Topliss-reactive ketones (excluding diaryl/α,β-unsaturated/α-hetero) is 1. The Morgan fingerprint density at radius 2 is 1.44 bits per heavy atom. The standard InChI is InChI=1S/C53H84N6O9/c1-16-35(6)47(58(13)51(64)45(33(2)3)56-50(63)46(34(4)5)57(11)12)43(66-14)31-44(61)59-28-20-23-41(59)48(67-15)36(7)42(60)30-39(29-37-21-18-17-19-22-37)49(62)54-32-38-24-26-40(27-25-38)55-52(65)68-53(8,9)10/h17-19,21-22,24-27,33-36,39,41,43,45-48H,16,20,23,28-32H2,1-15H3,(H,54,62)(H,55,65)(H,56,63)/t35-,36-,39+,41-,43+,45-,46-,47-,48+/m0/s1. The Balaban J connectivity index is 1.77. The van der Waals surface area contributed by atoms with Gasteiger partial charge in [-0.15, -0.1) is 0 Å². The van der Waals surface area contributed by atoms with Gasteiger partial charge in [0.25, 0.3) is 0 Å². The molecule has 0 bridgehead atoms. The minimum absolute atomic E-state index is 0.00452. The summed E-state index contributed by atoms with van der Waals surface area (Å²) in [5.41, 5.74) is 1.65. The van der Waals surface area contributed by atoms with Gasteiger partial charge in [-0.05, 0) is 95.1 Å². The Morgan fingerprint density at radius 3 is 1.97 bits per heavy atom. The van der Waals surface area contributed by atoms with Crippen LogP contribution in [0.3, 0.4) is 0 Å². The van der Waals surface area contributed by atoms with E-state index in [1.54, 1.807) is 76.1 Å². The summed E-state index contributed by atoms with van der Waals surface area (Å²) in [6.07, 6.45) is 0.523. The number of methoxy groups -OCH3 is 2. The first-order valence-electron chi connectivity index (χ1n) is 24.5. The van der Waals surface area contributed by atoms with Gasteiger partial charge in [0.05, 0.1) is 36.8 Å². The van der Waals surface area contributed by atoms with Crippen molar-refractivity contribution in [1.82, 2.24) is 25.3 Å². The van der Waals surface area contributed by atoms with Crippen molar-refractivity contribution in [2.45, 2.75) is 156 Å². The summed E-state index contributed by atoms with van der Waals surface area (Å²) in [4.78, 5) is 88.2. The van der Waals surface area contributed by atoms with E-state index in [1.165, 1.54) is 0 Å². The molecule has 0 aliphatic carbocycles. The highest BCUT2D eigenvalue weighted by molar-refractivity contribution is 5.91. The molecule has 9 atom stereocenters. The first kappa shape index (κ1) is 57.5. The van der Waals surface area contributed by atoms with Crippen molar-refractivity contribution in [2.75, 3.05) is 47.2 Å². The average molecular weight is 949 g/mol. The van der Waals surface area contributed by atoms with Crippen LogP contribution in [0.25, 0.3) is 0 Å². The molecular formula is C53H84N6O9. The van der Waals surface area contributed by atoms with Crippen molar-refractivity contribution in [3.05, 3.63) is 65.7 Å². The molecule has 5 amide bonds. The van der Waals surface area contributed by atoms with E-state index < -0.39 is 59.9 Å². The van der Waals surface area contributed by atoms with Gasteiger partial charge in [-0.25, -0.2) is 4.79 Å². The fourth-order valence-electron chi connectivity index (χ4n) is 9.49. The highest BCUT2D eigenvalue weighted by Crippen LogP contribution is 2.31. The Hall–Kier alpha value is -4.86. The third-order valence-corrected chi connectivity index (χ3v) is 13.2. The second-order valence-corrected chi connectivity index (χ2v) is 20.6. The number of likely N-dealkylation sites (N-methyl/N-ethyl adjacent to an activating group) is 2. The number of hydrogen-bond acceptors (Lipinski definition) is 10. The SMILES string of the molecule is CC[C@H](C)[C@@H]([C@@H](CC(=O)N1CCC[C@H]1[C@H](OC)[C@@H](C)C(=O)C[C@@H](Cc1ccccc1)C(=O)NCc1ccc(NC(=O)OC(C)(C)C)cc1)OC)N(C)C(=O)[C@@H](NC(=O)[C@H](C(C)C)N(C)C)C(C)C. The van der Waals surface area contributed by atoms with E-state index in [1.807, 2.05) is 97.8 Å². The van der Waals surface area contributed by atoms with E-state index in [9.17, 15) is 28.8 Å². The quantitative estimate of drug-likeness (QED) is 0.0930. The zero-order chi connectivity index (χ0) is 51.0. The van der Waals surface area contributed by atoms with E-state index in [2.05, 4.69) is 16.0 Å². The second-order valence-electron chi connectivity index (χ2n) is 20.6. The largest absolute Gasteiger partial charge is 0.444 e. The van der Waals surface area contributed by atoms with E-state index in [0.717, 1.165) is 17.5 Å². The lowest BCUT2D eigenvalue weighted by Crippen LogP contribution is -2.59. The smallest absolute Gasteiger partial charge is 0.412 e. The van der Waals surface area contributed by atoms with Crippen LogP contribution in [0.15, 0.2) is 54.6 Å². The Bertz CT molecular complexity index is 1930. The Kier molecular flexibility index (Phi) is 22.6. The van der Waals surface area contributed by atoms with Crippen LogP contribution in [0.1, 0.15) is 112 Å². The average Bonchev–Trinajstić information content (AvgIpc) is 3.76. The first-order chi connectivity index (χ1) is 31.9. The molecule has 0 saturated carbocycles. The normalized spacial score (nSPS) is 17.7. The van der Waals surface area contributed by atoms with Crippen molar-refractivity contribution in [3.8, 4) is 0 Å². The van der Waals surface area contributed by atoms with Gasteiger partial charge in [0, 0.05) is 58.3 Å². The van der Waals surface area contributed by atoms with Crippen LogP contribution >= 0.6 is 0 Å². The van der Waals surface area contributed by atoms with E-state index in [-0.39, 0.29) is 66.6 Å². The van der Waals surface area contributed by atoms with Gasteiger partial charge in [0.15, 0.2) is 0 Å². The predicted molar refractivity (Wildman–Crippen MR) is 267 cm³/mol. The fourth-order valence-corrected chi connectivity index (χ4v) is 9.49. The molecule has 0 radical (unpaired) electrons. The number of hydrogen-bond donors (Lipinski definition) is 3. The summed E-state index contributed by atoms with van der Waals surface area (Å²) in [5.74, 6) is -2.58. The third kappa shape index (κ3) is 16.7. The minimum Gasteiger partial charge on any atom is -0.444 e. The van der Waals surface area contributed by atoms with Gasteiger partial charge < -0.3 is 34.6 Å². The fraction of sp³-hybridized carbons (Fsp3) is 0.660. The molecular weight excluding hydrogens is 865 g/mol. The van der Waals surface area contributed by atoms with E-state index in [0.29, 0.717) is 31.5 Å². The number of amides is 5. The Labute approximate surface area is 407 Å². The number of benzene rings is 2. The van der Waals surface area contributed by atoms with Gasteiger partial charge >= 0.3 is 6.09 Å². The molecule has 2 aromatic rings. The van der Waals surface area contributed by atoms with Crippen LogP contribution in [-0.2, 0) is 51.1 Å². The molecule has 1 fully saturated rings. The number of likely N-dealkylation sites (tertiary alicyclic amines) is 1. The maximum atomic E-state index is 14.5. The molecule has 1 aliphatic heterocycles. The summed E-state index contributed by atoms with van der Waals surface area (Å²) in [6, 6.07) is 14.6. The lowest BCUT2D eigenvalue weighted by molar-refractivity contribution is -0.148. The predicted octanol–water partition coefficient (Wildman–Crippen LogP) is 7.12. The van der Waals surface area contributed by atoms with Crippen LogP contribution in [-0.4, -0.2) is 134 Å². The van der Waals surface area contributed by atoms with Crippen LogP contribution < -0.4 is 16.0 Å². The summed E-state index contributed by atoms with van der Waals surface area (Å²) in [7, 11) is 8.55. The van der Waals surface area contributed by atoms with E-state index >= 15 is 0 Å². The van der Waals surface area contributed by atoms with Crippen LogP contribution in [0.2, 0.25) is 0 Å². The van der Waals surface area contributed by atoms with Crippen molar-refractivity contribution in [2.24, 2.45) is 29.6 Å². The highest BCUT2D eigenvalue weighted by atomic mass is 16.6. The molecule has 0 aromatic heterocycles. The molecule has 2 aromatic carbocycles. The summed E-state index contributed by atoms with van der Waals surface area (Å²) in [5, 5.41) is 8.78. The number of ketones is 1. The molecule has 1 saturated heterocycles. The summed E-state index contributed by atoms with van der Waals surface area (Å²) >= 11 is 0. The monoisotopic (exact) mass is 949 g/mol. The number of carbonyl (C=O) groups excluding carboxylic acids is 6. The molecule has 380 valence electrons. The zero-order valence-corrected chi connectivity index (χ0v) is 43.7. The van der Waals surface area contributed by atoms with Gasteiger partial charge in [0.1, 0.15) is 17.4 Å². The minimum atomic E-state index is -0.787. The van der Waals surface area contributed by atoms with Crippen molar-refractivity contribution < 1.29 is 43.0 Å². The van der Waals surface area contributed by atoms with Crippen molar-refractivity contribution in [3.63, 3.8) is 0 Å². The van der Waals surface area contributed by atoms with Gasteiger partial charge in [-0.2, -0.15) is 0 Å². The molecule has 0 unspecified atom stereocenters. The number of anilines is 1. The molecule has 68 heavy (non-hydrogen) atoms. The topological polar surface area (TPSA) is 176 Å². The lowest BCUT2D eigenvalue weighted by atomic mass is 9.85. The maximum Gasteiger partial charge on any atom is 0.412 e. The summed E-state index contributed by atoms with van der Waals surface area (Å²) < 4.78 is 17.5. The van der Waals surface area contributed by atoms with Crippen LogP contribution in [0.5, 0.6) is 0 Å². The van der Waals surface area contributed by atoms with Gasteiger partial charge in [0.2, 0.25) is 23.6 Å². The van der Waals surface area contributed by atoms with Crippen LogP contribution in [0.4, 0.5) is 10.5 Å². The molecule has 3 rings (SSSR count). The van der Waals surface area contributed by atoms with Crippen LogP contribution in [0, 0.1) is 29.6 Å². The van der Waals surface area contributed by atoms with Crippen molar-refractivity contribution in [1.29, 1.82) is 0 Å². The molecule has 0 spiro atoms. The second kappa shape index (κ2) is 26.8. The number of carbonyl (C=O) groups is 6. The first-order valence-corrected chi connectivity index (χ1v) is 24.5. The zero-order valence-electron chi connectivity index (χ0n) is 43.7. The van der Waals surface area contributed by atoms with Crippen molar-refractivity contribution >= 4 is 41.2 Å².